The van der Waals surface area contributed by atoms with E-state index in [1.165, 1.54) is 5.56 Å². The van der Waals surface area contributed by atoms with Crippen LogP contribution in [-0.2, 0) is 12.1 Å². The lowest BCUT2D eigenvalue weighted by atomic mass is 10.0. The van der Waals surface area contributed by atoms with E-state index < -0.39 is 5.72 Å². The highest BCUT2D eigenvalue weighted by Gasteiger charge is 2.21. The topological polar surface area (TPSA) is 58.3 Å². The number of aliphatic hydroxyl groups is 1. The van der Waals surface area contributed by atoms with Crippen LogP contribution in [0.25, 0.3) is 0 Å². The van der Waals surface area contributed by atoms with Crippen molar-refractivity contribution in [1.29, 1.82) is 0 Å². The van der Waals surface area contributed by atoms with Gasteiger partial charge in [0.05, 0.1) is 0 Å². The van der Waals surface area contributed by atoms with E-state index in [-0.39, 0.29) is 0 Å². The zero-order valence-corrected chi connectivity index (χ0v) is 11.1. The number of nitrogens with two attached hydrogens (primary N) is 1. The van der Waals surface area contributed by atoms with Crippen molar-refractivity contribution < 1.29 is 5.11 Å². The van der Waals surface area contributed by atoms with Crippen molar-refractivity contribution in [3.8, 4) is 0 Å². The molecule has 0 aliphatic heterocycles. The van der Waals surface area contributed by atoms with Gasteiger partial charge in [-0.3, -0.25) is 5.32 Å². The molecule has 2 aromatic rings. The van der Waals surface area contributed by atoms with Crippen molar-refractivity contribution >= 4 is 5.69 Å². The van der Waals surface area contributed by atoms with Gasteiger partial charge in [-0.05, 0) is 36.6 Å². The molecule has 100 valence electrons. The van der Waals surface area contributed by atoms with Gasteiger partial charge in [0.15, 0.2) is 0 Å². The quantitative estimate of drug-likeness (QED) is 0.568. The van der Waals surface area contributed by atoms with Gasteiger partial charge in [-0.25, -0.2) is 0 Å². The summed E-state index contributed by atoms with van der Waals surface area (Å²) in [6.07, 6.45) is 0.850. The zero-order chi connectivity index (χ0) is 13.7. The molecule has 4 N–H and O–H groups in total. The van der Waals surface area contributed by atoms with Crippen LogP contribution in [0.4, 0.5) is 5.69 Å². The molecule has 0 spiro atoms. The number of rotatable bonds is 5. The second-order valence-corrected chi connectivity index (χ2v) is 4.86. The number of hydrogen-bond donors (Lipinski definition) is 3. The Kier molecular flexibility index (Phi) is 4.20. The fraction of sp³-hybridized carbons (Fsp3) is 0.250. The number of nitrogen functional groups attached to an aromatic ring is 1. The highest BCUT2D eigenvalue weighted by Crippen LogP contribution is 2.16. The maximum Gasteiger partial charge on any atom is 0.139 e. The van der Waals surface area contributed by atoms with E-state index in [1.54, 1.807) is 6.92 Å². The van der Waals surface area contributed by atoms with Crippen LogP contribution < -0.4 is 11.1 Å². The van der Waals surface area contributed by atoms with E-state index in [1.807, 2.05) is 54.6 Å². The Morgan fingerprint density at radius 2 is 1.68 bits per heavy atom. The molecule has 2 aromatic carbocycles. The summed E-state index contributed by atoms with van der Waals surface area (Å²) in [6, 6.07) is 17.4. The van der Waals surface area contributed by atoms with E-state index >= 15 is 0 Å². The average Bonchev–Trinajstić information content (AvgIpc) is 2.42. The molecule has 0 unspecified atom stereocenters. The Balaban J connectivity index is 1.90. The summed E-state index contributed by atoms with van der Waals surface area (Å²) >= 11 is 0. The van der Waals surface area contributed by atoms with E-state index in [4.69, 9.17) is 5.73 Å². The summed E-state index contributed by atoms with van der Waals surface area (Å²) in [5.74, 6) is 0. The van der Waals surface area contributed by atoms with Gasteiger partial charge in [0.1, 0.15) is 5.72 Å². The Morgan fingerprint density at radius 3 is 2.32 bits per heavy atom. The van der Waals surface area contributed by atoms with Gasteiger partial charge in [-0.1, -0.05) is 42.5 Å². The SMILES string of the molecule is C[C@](O)(NCCc1ccc(N)cc1)c1ccccc1. The third-order valence-corrected chi connectivity index (χ3v) is 3.20. The van der Waals surface area contributed by atoms with Gasteiger partial charge in [0.25, 0.3) is 0 Å². The fourth-order valence-electron chi connectivity index (χ4n) is 2.00. The summed E-state index contributed by atoms with van der Waals surface area (Å²) in [5.41, 5.74) is 7.48. The van der Waals surface area contributed by atoms with Gasteiger partial charge in [-0.15, -0.1) is 0 Å². The molecule has 0 aliphatic carbocycles. The maximum atomic E-state index is 10.4. The van der Waals surface area contributed by atoms with Gasteiger partial charge in [-0.2, -0.15) is 0 Å². The molecule has 0 saturated carbocycles. The van der Waals surface area contributed by atoms with Crippen LogP contribution in [0.5, 0.6) is 0 Å². The van der Waals surface area contributed by atoms with Crippen LogP contribution in [0.2, 0.25) is 0 Å². The first-order valence-electron chi connectivity index (χ1n) is 6.45. The molecule has 19 heavy (non-hydrogen) atoms. The zero-order valence-electron chi connectivity index (χ0n) is 11.1. The number of nitrogens with one attached hydrogen (secondary N) is 1. The summed E-state index contributed by atoms with van der Waals surface area (Å²) < 4.78 is 0. The number of anilines is 1. The smallest absolute Gasteiger partial charge is 0.139 e. The summed E-state index contributed by atoms with van der Waals surface area (Å²) in [6.45, 7) is 2.47. The monoisotopic (exact) mass is 256 g/mol. The van der Waals surface area contributed by atoms with Crippen LogP contribution in [0.15, 0.2) is 54.6 Å². The molecule has 0 saturated heterocycles. The first-order valence-corrected chi connectivity index (χ1v) is 6.45. The Labute approximate surface area is 114 Å². The molecule has 0 radical (unpaired) electrons. The third kappa shape index (κ3) is 3.81. The first kappa shape index (κ1) is 13.6. The molecule has 0 aliphatic rings. The summed E-state index contributed by atoms with van der Waals surface area (Å²) in [5, 5.41) is 13.5. The first-order chi connectivity index (χ1) is 9.08. The molecule has 3 nitrogen and oxygen atoms in total. The van der Waals surface area contributed by atoms with Crippen molar-refractivity contribution in [2.24, 2.45) is 0 Å². The van der Waals surface area contributed by atoms with E-state index in [0.29, 0.717) is 6.54 Å². The third-order valence-electron chi connectivity index (χ3n) is 3.20. The van der Waals surface area contributed by atoms with Crippen molar-refractivity contribution in [1.82, 2.24) is 5.32 Å². The lowest BCUT2D eigenvalue weighted by molar-refractivity contribution is 0.0206. The molecule has 2 rings (SSSR count). The van der Waals surface area contributed by atoms with Crippen LogP contribution in [0.1, 0.15) is 18.1 Å². The lowest BCUT2D eigenvalue weighted by Crippen LogP contribution is -2.40. The van der Waals surface area contributed by atoms with E-state index in [9.17, 15) is 5.11 Å². The molecule has 0 aromatic heterocycles. The second-order valence-electron chi connectivity index (χ2n) is 4.86. The second kappa shape index (κ2) is 5.87. The van der Waals surface area contributed by atoms with Gasteiger partial charge in [0, 0.05) is 12.2 Å². The largest absolute Gasteiger partial charge is 0.399 e. The molecular formula is C16H20N2O. The minimum Gasteiger partial charge on any atom is -0.399 e. The van der Waals surface area contributed by atoms with Crippen LogP contribution >= 0.6 is 0 Å². The predicted molar refractivity (Wildman–Crippen MR) is 78.6 cm³/mol. The highest BCUT2D eigenvalue weighted by molar-refractivity contribution is 5.39. The van der Waals surface area contributed by atoms with Gasteiger partial charge < -0.3 is 10.8 Å². The summed E-state index contributed by atoms with van der Waals surface area (Å²) in [4.78, 5) is 0. The average molecular weight is 256 g/mol. The molecule has 3 heteroatoms. The van der Waals surface area contributed by atoms with Crippen LogP contribution in [0.3, 0.4) is 0 Å². The predicted octanol–water partition coefficient (Wildman–Crippen LogP) is 2.27. The van der Waals surface area contributed by atoms with Crippen molar-refractivity contribution in [3.63, 3.8) is 0 Å². The molecule has 0 amide bonds. The normalized spacial score (nSPS) is 14.0. The van der Waals surface area contributed by atoms with Crippen molar-refractivity contribution in [2.45, 2.75) is 19.1 Å². The Bertz CT molecular complexity index is 506. The van der Waals surface area contributed by atoms with E-state index in [2.05, 4.69) is 5.32 Å². The van der Waals surface area contributed by atoms with Gasteiger partial charge >= 0.3 is 0 Å². The molecule has 0 heterocycles. The lowest BCUT2D eigenvalue weighted by Gasteiger charge is -2.25. The molecule has 0 bridgehead atoms. The maximum absolute atomic E-state index is 10.4. The number of benzene rings is 2. The van der Waals surface area contributed by atoms with Crippen LogP contribution in [0, 0.1) is 0 Å². The summed E-state index contributed by atoms with van der Waals surface area (Å²) in [7, 11) is 0. The Morgan fingerprint density at radius 1 is 1.05 bits per heavy atom. The van der Waals surface area contributed by atoms with Crippen molar-refractivity contribution in [3.05, 3.63) is 65.7 Å². The minimum absolute atomic E-state index is 0.700. The van der Waals surface area contributed by atoms with Crippen LogP contribution in [-0.4, -0.2) is 11.7 Å². The molecular weight excluding hydrogens is 236 g/mol. The number of hydrogen-bond acceptors (Lipinski definition) is 3. The van der Waals surface area contributed by atoms with Gasteiger partial charge in [0.2, 0.25) is 0 Å². The highest BCUT2D eigenvalue weighted by atomic mass is 16.3. The van der Waals surface area contributed by atoms with Crippen molar-refractivity contribution in [2.75, 3.05) is 12.3 Å². The Hall–Kier alpha value is -1.84. The van der Waals surface area contributed by atoms with E-state index in [0.717, 1.165) is 17.7 Å². The standard InChI is InChI=1S/C16H20N2O/c1-16(19,14-5-3-2-4-6-14)18-12-11-13-7-9-15(17)10-8-13/h2-10,18-19H,11-12,17H2,1H3/t16-/m1/s1. The minimum atomic E-state index is -1.00. The fourth-order valence-corrected chi connectivity index (χ4v) is 2.00. The molecule has 0 fully saturated rings. The molecule has 1 atom stereocenters.